The number of rotatable bonds is 4. The zero-order valence-corrected chi connectivity index (χ0v) is 29.6. The van der Waals surface area contributed by atoms with Gasteiger partial charge in [0.2, 0.25) is 0 Å². The van der Waals surface area contributed by atoms with Crippen LogP contribution in [0.4, 0.5) is 0 Å². The summed E-state index contributed by atoms with van der Waals surface area (Å²) in [6.45, 7) is 10.2. The second kappa shape index (κ2) is 11.2. The molecule has 8 aliphatic rings. The topological polar surface area (TPSA) is 216 Å². The molecule has 2 spiro atoms. The van der Waals surface area contributed by atoms with Gasteiger partial charge in [-0.3, -0.25) is 4.79 Å². The lowest BCUT2D eigenvalue weighted by Crippen LogP contribution is -2.62. The van der Waals surface area contributed by atoms with E-state index >= 15 is 0 Å². The average molecular weight is 709 g/mol. The van der Waals surface area contributed by atoms with Crippen LogP contribution in [0.25, 0.3) is 0 Å². The molecular weight excluding hydrogens is 652 g/mol. The quantitative estimate of drug-likeness (QED) is 0.180. The number of hydrogen-bond acceptors (Lipinski definition) is 13. The Kier molecular flexibility index (Phi) is 8.07. The predicted octanol–water partition coefficient (Wildman–Crippen LogP) is -0.0853. The molecular formula is C37H56O13. The van der Waals surface area contributed by atoms with Crippen LogP contribution in [0, 0.1) is 44.8 Å². The minimum atomic E-state index is -1.59. The summed E-state index contributed by atoms with van der Waals surface area (Å²) in [5, 5.41) is 87.8. The van der Waals surface area contributed by atoms with Crippen LogP contribution in [0.15, 0.2) is 11.6 Å². The molecule has 13 heteroatoms. The number of ketones is 1. The van der Waals surface area contributed by atoms with E-state index in [0.717, 1.165) is 19.3 Å². The highest BCUT2D eigenvalue weighted by Crippen LogP contribution is 2.88. The SMILES string of the molecule is C[C@@H]1CC(=O)[C@H](O)[C@@]2(O)C[C@@]3(C)C4=CC[C@H]5C(C)(C)[C@@H](O[C@@H]6OC[C@@H](O)[C@H](O[C@@H]7OC[C@@H](O)[C@H](O)[C@H]7O)[C@H]6O)CC[C@@]56C[C@@]46[C@@H](O)C[C@]3(C)[C@@H]12. The Labute approximate surface area is 292 Å². The first-order chi connectivity index (χ1) is 23.3. The molecule has 2 heterocycles. The first kappa shape index (κ1) is 35.9. The third-order valence-electron chi connectivity index (χ3n) is 15.9. The summed E-state index contributed by atoms with van der Waals surface area (Å²) in [6, 6.07) is 0. The fraction of sp³-hybridized carbons (Fsp3) is 0.919. The molecule has 6 aliphatic carbocycles. The Morgan fingerprint density at radius 3 is 2.22 bits per heavy atom. The van der Waals surface area contributed by atoms with Crippen molar-refractivity contribution in [3.05, 3.63) is 11.6 Å². The van der Waals surface area contributed by atoms with Crippen LogP contribution in [0.2, 0.25) is 0 Å². The second-order valence-corrected chi connectivity index (χ2v) is 18.5. The van der Waals surface area contributed by atoms with Crippen molar-refractivity contribution in [1.29, 1.82) is 0 Å². The average Bonchev–Trinajstić information content (AvgIpc) is 3.68. The maximum atomic E-state index is 12.8. The van der Waals surface area contributed by atoms with Gasteiger partial charge < -0.3 is 59.8 Å². The summed E-state index contributed by atoms with van der Waals surface area (Å²) in [5.41, 5.74) is -2.50. The first-order valence-corrected chi connectivity index (χ1v) is 18.6. The van der Waals surface area contributed by atoms with Crippen LogP contribution in [0.1, 0.15) is 79.6 Å². The van der Waals surface area contributed by atoms with Crippen molar-refractivity contribution in [2.24, 2.45) is 44.8 Å². The van der Waals surface area contributed by atoms with Crippen LogP contribution in [-0.2, 0) is 23.7 Å². The van der Waals surface area contributed by atoms with E-state index in [1.165, 1.54) is 5.57 Å². The number of Topliss-reactive ketones (excluding diaryl/α,β-unsaturated/α-hetero) is 1. The molecule has 2 aliphatic heterocycles. The molecule has 7 fully saturated rings. The first-order valence-electron chi connectivity index (χ1n) is 18.6. The number of carbonyl (C=O) groups excluding carboxylic acids is 1. The highest BCUT2D eigenvalue weighted by atomic mass is 16.7. The number of aliphatic hydroxyl groups excluding tert-OH is 7. The van der Waals surface area contributed by atoms with E-state index in [9.17, 15) is 45.6 Å². The molecule has 13 nitrogen and oxygen atoms in total. The Bertz CT molecular complexity index is 1440. The summed E-state index contributed by atoms with van der Waals surface area (Å²) >= 11 is 0. The monoisotopic (exact) mass is 708 g/mol. The molecule has 0 aromatic rings. The van der Waals surface area contributed by atoms with Crippen molar-refractivity contribution in [2.45, 2.75) is 153 Å². The highest BCUT2D eigenvalue weighted by molar-refractivity contribution is 5.86. The van der Waals surface area contributed by atoms with Crippen molar-refractivity contribution in [3.63, 3.8) is 0 Å². The summed E-state index contributed by atoms with van der Waals surface area (Å²) in [5.74, 6) is -0.638. The lowest BCUT2D eigenvalue weighted by atomic mass is 9.44. The molecule has 8 N–H and O–H groups in total. The molecule has 50 heavy (non-hydrogen) atoms. The Morgan fingerprint density at radius 2 is 1.52 bits per heavy atom. The predicted molar refractivity (Wildman–Crippen MR) is 173 cm³/mol. The van der Waals surface area contributed by atoms with Crippen molar-refractivity contribution >= 4 is 5.78 Å². The molecule has 5 saturated carbocycles. The van der Waals surface area contributed by atoms with Gasteiger partial charge in [-0.05, 0) is 77.9 Å². The molecule has 8 rings (SSSR count). The number of hydrogen-bond donors (Lipinski definition) is 8. The van der Waals surface area contributed by atoms with E-state index < -0.39 is 88.7 Å². The van der Waals surface area contributed by atoms with E-state index in [0.29, 0.717) is 12.8 Å². The summed E-state index contributed by atoms with van der Waals surface area (Å²) in [6.07, 6.45) is -7.13. The zero-order valence-electron chi connectivity index (χ0n) is 29.6. The van der Waals surface area contributed by atoms with Gasteiger partial charge in [-0.25, -0.2) is 0 Å². The molecule has 0 aromatic carbocycles. The second-order valence-electron chi connectivity index (χ2n) is 18.5. The number of aliphatic hydroxyl groups is 8. The van der Waals surface area contributed by atoms with Crippen LogP contribution in [-0.4, -0.2) is 133 Å². The zero-order chi connectivity index (χ0) is 36.1. The van der Waals surface area contributed by atoms with Crippen LogP contribution >= 0.6 is 0 Å². The summed E-state index contributed by atoms with van der Waals surface area (Å²) < 4.78 is 23.5. The molecule has 0 bridgehead atoms. The molecule has 282 valence electrons. The van der Waals surface area contributed by atoms with E-state index in [2.05, 4.69) is 33.8 Å². The molecule has 0 aromatic heterocycles. The molecule has 0 radical (unpaired) electrons. The Balaban J connectivity index is 1.04. The van der Waals surface area contributed by atoms with Crippen LogP contribution in [0.5, 0.6) is 0 Å². The molecule has 19 atom stereocenters. The normalized spacial score (nSPS) is 59.7. The van der Waals surface area contributed by atoms with Crippen molar-refractivity contribution in [3.8, 4) is 0 Å². The van der Waals surface area contributed by atoms with Crippen LogP contribution < -0.4 is 0 Å². The standard InChI is InChI=1S/C37H56O13/c1-16-10-17(38)29(45)37(46)14-34(5)21-7-6-20-32(2,3)23(8-9-35(20)15-36(21,35)22(41)11-33(34,4)28(16)37)49-31-26(44)27(19(40)13-48-31)50-30-25(43)24(42)18(39)12-47-30/h7,16,18-20,22-31,39-46H,6,8-15H2,1-5H3/t16-,18-,19-,20+,22+,23+,24+,25-,26-,27+,28-,29+,30+,31+,33-,34+,35-,36+,37-/m1/s1. The minimum absolute atomic E-state index is 0.120. The molecule has 2 saturated heterocycles. The van der Waals surface area contributed by atoms with Gasteiger partial charge in [-0.1, -0.05) is 46.3 Å². The van der Waals surface area contributed by atoms with Gasteiger partial charge in [-0.2, -0.15) is 0 Å². The number of carbonyl (C=O) groups is 1. The number of fused-ring (bicyclic) bond motifs is 4. The Morgan fingerprint density at radius 1 is 0.860 bits per heavy atom. The highest BCUT2D eigenvalue weighted by Gasteiger charge is 2.85. The van der Waals surface area contributed by atoms with Crippen molar-refractivity contribution in [2.75, 3.05) is 13.2 Å². The van der Waals surface area contributed by atoms with Crippen LogP contribution in [0.3, 0.4) is 0 Å². The van der Waals surface area contributed by atoms with Gasteiger partial charge in [0.1, 0.15) is 48.3 Å². The van der Waals surface area contributed by atoms with Gasteiger partial charge in [0, 0.05) is 11.8 Å². The third-order valence-corrected chi connectivity index (χ3v) is 15.9. The van der Waals surface area contributed by atoms with E-state index in [4.69, 9.17) is 18.9 Å². The lowest BCUT2D eigenvalue weighted by molar-refractivity contribution is -0.344. The summed E-state index contributed by atoms with van der Waals surface area (Å²) in [7, 11) is 0. The largest absolute Gasteiger partial charge is 0.392 e. The van der Waals surface area contributed by atoms with E-state index in [1.807, 2.05) is 6.92 Å². The maximum absolute atomic E-state index is 12.8. The van der Waals surface area contributed by atoms with Gasteiger partial charge in [0.25, 0.3) is 0 Å². The van der Waals surface area contributed by atoms with E-state index in [-0.39, 0.29) is 61.1 Å². The maximum Gasteiger partial charge on any atom is 0.186 e. The molecule has 0 unspecified atom stereocenters. The number of allylic oxidation sites excluding steroid dienone is 1. The summed E-state index contributed by atoms with van der Waals surface area (Å²) in [4.78, 5) is 12.8. The minimum Gasteiger partial charge on any atom is -0.392 e. The fourth-order valence-electron chi connectivity index (χ4n) is 13.6. The van der Waals surface area contributed by atoms with Gasteiger partial charge in [-0.15, -0.1) is 0 Å². The Hall–Kier alpha value is -1.07. The van der Waals surface area contributed by atoms with Gasteiger partial charge >= 0.3 is 0 Å². The van der Waals surface area contributed by atoms with Gasteiger partial charge in [0.15, 0.2) is 18.4 Å². The fourth-order valence-corrected chi connectivity index (χ4v) is 13.6. The third kappa shape index (κ3) is 4.35. The van der Waals surface area contributed by atoms with E-state index in [1.54, 1.807) is 0 Å². The molecule has 0 amide bonds. The van der Waals surface area contributed by atoms with Crippen molar-refractivity contribution < 1.29 is 64.6 Å². The van der Waals surface area contributed by atoms with Crippen molar-refractivity contribution in [1.82, 2.24) is 0 Å². The number of ether oxygens (including phenoxy) is 4. The smallest absolute Gasteiger partial charge is 0.186 e. The lowest BCUT2D eigenvalue weighted by Gasteiger charge is -2.61. The van der Waals surface area contributed by atoms with Gasteiger partial charge in [0.05, 0.1) is 25.4 Å².